The Kier molecular flexibility index (Phi) is 3.80. The number of fused-ring (bicyclic) bond motifs is 1. The van der Waals surface area contributed by atoms with Crippen molar-refractivity contribution >= 4 is 22.7 Å². The molecule has 0 radical (unpaired) electrons. The first-order chi connectivity index (χ1) is 11.1. The number of nitrogens with one attached hydrogen (secondary N) is 2. The first kappa shape index (κ1) is 14.8. The summed E-state index contributed by atoms with van der Waals surface area (Å²) < 4.78 is 10.7. The minimum absolute atomic E-state index is 0.133. The molecule has 6 heteroatoms. The Morgan fingerprint density at radius 1 is 1.30 bits per heavy atom. The maximum Gasteiger partial charge on any atom is 0.262 e. The Hall–Kier alpha value is -3.15. The molecule has 2 heterocycles. The predicted octanol–water partition coefficient (Wildman–Crippen LogP) is 2.88. The second-order valence-electron chi connectivity index (χ2n) is 5.04. The van der Waals surface area contributed by atoms with Crippen LogP contribution >= 0.6 is 0 Å². The van der Waals surface area contributed by atoms with Crippen molar-refractivity contribution < 1.29 is 13.9 Å². The van der Waals surface area contributed by atoms with Crippen LogP contribution in [0, 0.1) is 12.3 Å². The van der Waals surface area contributed by atoms with E-state index in [0.29, 0.717) is 22.5 Å². The van der Waals surface area contributed by atoms with Crippen molar-refractivity contribution in [2.75, 3.05) is 12.4 Å². The Bertz CT molecular complexity index is 930. The number of anilines is 1. The minimum atomic E-state index is -0.445. The van der Waals surface area contributed by atoms with Crippen molar-refractivity contribution in [2.24, 2.45) is 0 Å². The zero-order valence-electron chi connectivity index (χ0n) is 12.7. The molecule has 0 atom stereocenters. The van der Waals surface area contributed by atoms with Gasteiger partial charge in [0.05, 0.1) is 7.11 Å². The topological polar surface area (TPSA) is 88.2 Å². The molecule has 0 aliphatic carbocycles. The summed E-state index contributed by atoms with van der Waals surface area (Å²) in [4.78, 5) is 16.5. The average molecular weight is 309 g/mol. The lowest BCUT2D eigenvalue weighted by Crippen LogP contribution is -2.21. The molecule has 0 spiro atoms. The van der Waals surface area contributed by atoms with Crippen LogP contribution in [0.25, 0.3) is 11.0 Å². The van der Waals surface area contributed by atoms with E-state index in [2.05, 4.69) is 10.3 Å². The van der Waals surface area contributed by atoms with Crippen LogP contribution in [0.5, 0.6) is 5.75 Å². The molecular weight excluding hydrogens is 294 g/mol. The average Bonchev–Trinajstić information content (AvgIpc) is 2.55. The fraction of sp³-hybridized carbons (Fsp3) is 0.118. The lowest BCUT2D eigenvalue weighted by molar-refractivity contribution is 0.102. The number of methoxy groups -OCH3 is 1. The van der Waals surface area contributed by atoms with Crippen LogP contribution in [-0.4, -0.2) is 18.0 Å². The Morgan fingerprint density at radius 2 is 2.13 bits per heavy atom. The summed E-state index contributed by atoms with van der Waals surface area (Å²) in [6.07, 6.45) is 1.66. The first-order valence-electron chi connectivity index (χ1n) is 6.98. The molecule has 0 saturated carbocycles. The summed E-state index contributed by atoms with van der Waals surface area (Å²) in [6.45, 7) is 1.91. The summed E-state index contributed by atoms with van der Waals surface area (Å²) in [6, 6.07) is 10.5. The molecule has 6 nitrogen and oxygen atoms in total. The highest BCUT2D eigenvalue weighted by molar-refractivity contribution is 6.05. The van der Waals surface area contributed by atoms with E-state index in [9.17, 15) is 4.79 Å². The molecule has 0 aliphatic heterocycles. The summed E-state index contributed by atoms with van der Waals surface area (Å²) in [5.74, 6) is 0.494. The number of carbonyl (C=O) groups is 1. The largest absolute Gasteiger partial charge is 0.493 e. The summed E-state index contributed by atoms with van der Waals surface area (Å²) in [5.41, 5.74) is 1.33. The van der Waals surface area contributed by atoms with Crippen LogP contribution in [0.3, 0.4) is 0 Å². The van der Waals surface area contributed by atoms with Gasteiger partial charge in [0, 0.05) is 11.6 Å². The van der Waals surface area contributed by atoms with Crippen molar-refractivity contribution in [3.05, 3.63) is 59.3 Å². The van der Waals surface area contributed by atoms with Crippen molar-refractivity contribution in [3.8, 4) is 5.75 Å². The molecule has 0 bridgehead atoms. The van der Waals surface area contributed by atoms with Gasteiger partial charge in [-0.05, 0) is 30.7 Å². The van der Waals surface area contributed by atoms with E-state index in [1.807, 2.05) is 13.0 Å². The predicted molar refractivity (Wildman–Crippen MR) is 85.5 cm³/mol. The van der Waals surface area contributed by atoms with Crippen LogP contribution in [-0.2, 0) is 0 Å². The van der Waals surface area contributed by atoms with E-state index in [1.165, 1.54) is 7.11 Å². The number of amides is 1. The quantitative estimate of drug-likeness (QED) is 0.778. The normalized spacial score (nSPS) is 10.5. The Labute approximate surface area is 132 Å². The second kappa shape index (κ2) is 5.92. The third-order valence-electron chi connectivity index (χ3n) is 3.38. The lowest BCUT2D eigenvalue weighted by Gasteiger charge is -2.07. The Morgan fingerprint density at radius 3 is 2.83 bits per heavy atom. The molecule has 0 aliphatic rings. The number of aromatic nitrogens is 1. The van der Waals surface area contributed by atoms with Gasteiger partial charge >= 0.3 is 0 Å². The maximum absolute atomic E-state index is 12.4. The fourth-order valence-electron chi connectivity index (χ4n) is 2.19. The van der Waals surface area contributed by atoms with E-state index < -0.39 is 5.91 Å². The van der Waals surface area contributed by atoms with Gasteiger partial charge in [-0.15, -0.1) is 0 Å². The number of hydrogen-bond donors (Lipinski definition) is 2. The van der Waals surface area contributed by atoms with E-state index in [-0.39, 0.29) is 11.1 Å². The zero-order valence-corrected chi connectivity index (χ0v) is 12.7. The molecule has 1 amide bonds. The van der Waals surface area contributed by atoms with Gasteiger partial charge in [0.25, 0.3) is 5.91 Å². The number of para-hydroxylation sites is 1. The van der Waals surface area contributed by atoms with Crippen LogP contribution in [0.2, 0.25) is 0 Å². The van der Waals surface area contributed by atoms with Gasteiger partial charge in [0.2, 0.25) is 5.55 Å². The van der Waals surface area contributed by atoms with Crippen LogP contribution in [0.4, 0.5) is 5.82 Å². The number of benzene rings is 1. The molecule has 0 fully saturated rings. The number of nitrogens with zero attached hydrogens (tertiary/aromatic N) is 1. The van der Waals surface area contributed by atoms with Crippen molar-refractivity contribution in [1.82, 2.24) is 4.98 Å². The SMILES string of the molecule is COc1cccc2cc(C(=O)Nc3ccc(C)cn3)c(=N)oc12. The number of carbonyl (C=O) groups excluding carboxylic acids is 1. The molecule has 1 aromatic carbocycles. The van der Waals surface area contributed by atoms with Gasteiger partial charge in [0.15, 0.2) is 11.3 Å². The standard InChI is InChI=1S/C17H15N3O3/c1-10-6-7-14(19-9-10)20-17(21)12-8-11-4-3-5-13(22-2)15(11)23-16(12)18/h3-9,18H,1-2H3,(H,19,20,21). The highest BCUT2D eigenvalue weighted by Gasteiger charge is 2.14. The number of ether oxygens (including phenoxy) is 1. The van der Waals surface area contributed by atoms with Gasteiger partial charge in [0.1, 0.15) is 11.4 Å². The van der Waals surface area contributed by atoms with E-state index in [0.717, 1.165) is 5.56 Å². The molecule has 23 heavy (non-hydrogen) atoms. The van der Waals surface area contributed by atoms with Crippen molar-refractivity contribution in [3.63, 3.8) is 0 Å². The lowest BCUT2D eigenvalue weighted by atomic mass is 10.1. The maximum atomic E-state index is 12.4. The zero-order chi connectivity index (χ0) is 16.4. The number of hydrogen-bond acceptors (Lipinski definition) is 5. The summed E-state index contributed by atoms with van der Waals surface area (Å²) in [7, 11) is 1.53. The van der Waals surface area contributed by atoms with Gasteiger partial charge in [-0.25, -0.2) is 4.98 Å². The van der Waals surface area contributed by atoms with Gasteiger partial charge in [-0.1, -0.05) is 18.2 Å². The van der Waals surface area contributed by atoms with E-state index >= 15 is 0 Å². The van der Waals surface area contributed by atoms with E-state index in [4.69, 9.17) is 14.6 Å². The van der Waals surface area contributed by atoms with E-state index in [1.54, 1.807) is 36.5 Å². The smallest absolute Gasteiger partial charge is 0.262 e. The third kappa shape index (κ3) is 2.91. The molecule has 0 saturated heterocycles. The van der Waals surface area contributed by atoms with Crippen molar-refractivity contribution in [2.45, 2.75) is 6.92 Å². The monoisotopic (exact) mass is 309 g/mol. The number of rotatable bonds is 3. The van der Waals surface area contributed by atoms with Gasteiger partial charge < -0.3 is 14.5 Å². The first-order valence-corrected chi connectivity index (χ1v) is 6.98. The van der Waals surface area contributed by atoms with Crippen LogP contribution in [0.15, 0.2) is 47.0 Å². The highest BCUT2D eigenvalue weighted by Crippen LogP contribution is 2.24. The van der Waals surface area contributed by atoms with Crippen LogP contribution < -0.4 is 15.6 Å². The molecule has 3 rings (SSSR count). The van der Waals surface area contributed by atoms with Crippen LogP contribution in [0.1, 0.15) is 15.9 Å². The Balaban J connectivity index is 1.99. The molecule has 2 N–H and O–H groups in total. The number of pyridine rings is 1. The second-order valence-corrected chi connectivity index (χ2v) is 5.04. The molecule has 0 unspecified atom stereocenters. The molecule has 2 aromatic heterocycles. The van der Waals surface area contributed by atoms with Gasteiger partial charge in [-0.2, -0.15) is 0 Å². The summed E-state index contributed by atoms with van der Waals surface area (Å²) >= 11 is 0. The summed E-state index contributed by atoms with van der Waals surface area (Å²) in [5, 5.41) is 11.3. The third-order valence-corrected chi connectivity index (χ3v) is 3.38. The molecular formula is C17H15N3O3. The minimum Gasteiger partial charge on any atom is -0.493 e. The molecule has 3 aromatic rings. The van der Waals surface area contributed by atoms with Gasteiger partial charge in [-0.3, -0.25) is 10.2 Å². The van der Waals surface area contributed by atoms with Crippen molar-refractivity contribution in [1.29, 1.82) is 5.41 Å². The number of aryl methyl sites for hydroxylation is 1. The highest BCUT2D eigenvalue weighted by atomic mass is 16.5. The fourth-order valence-corrected chi connectivity index (χ4v) is 2.19. The molecule has 116 valence electrons.